The van der Waals surface area contributed by atoms with Crippen molar-refractivity contribution in [2.45, 2.75) is 12.8 Å². The minimum Gasteiger partial charge on any atom is -0.395 e. The lowest BCUT2D eigenvalue weighted by Gasteiger charge is -2.20. The number of nitrogens with zero attached hydrogens (tertiary/aromatic N) is 1. The van der Waals surface area contributed by atoms with Gasteiger partial charge in [-0.2, -0.15) is 0 Å². The fourth-order valence-corrected chi connectivity index (χ4v) is 2.03. The van der Waals surface area contributed by atoms with Gasteiger partial charge in [-0.15, -0.1) is 0 Å². The Hall–Kier alpha value is -0.950. The van der Waals surface area contributed by atoms with Gasteiger partial charge >= 0.3 is 0 Å². The van der Waals surface area contributed by atoms with Gasteiger partial charge in [-0.3, -0.25) is 9.69 Å². The molecule has 0 aliphatic heterocycles. The number of hydrogen-bond acceptors (Lipinski definition) is 3. The van der Waals surface area contributed by atoms with E-state index in [-0.39, 0.29) is 32.0 Å². The molecule has 0 aliphatic rings. The van der Waals surface area contributed by atoms with Gasteiger partial charge < -0.3 is 10.4 Å². The SMILES string of the molecule is O=C(CCN(CCO)CC(F)F)Nc1cc(Cl)ccc1Cl. The highest BCUT2D eigenvalue weighted by atomic mass is 35.5. The van der Waals surface area contributed by atoms with Crippen LogP contribution in [-0.2, 0) is 4.79 Å². The van der Waals surface area contributed by atoms with E-state index in [0.29, 0.717) is 15.7 Å². The largest absolute Gasteiger partial charge is 0.395 e. The Kier molecular flexibility index (Phi) is 7.88. The van der Waals surface area contributed by atoms with Gasteiger partial charge in [-0.25, -0.2) is 8.78 Å². The van der Waals surface area contributed by atoms with Crippen LogP contribution in [0.25, 0.3) is 0 Å². The van der Waals surface area contributed by atoms with E-state index in [0.717, 1.165) is 0 Å². The third-order valence-corrected chi connectivity index (χ3v) is 3.23. The fraction of sp³-hybridized carbons (Fsp3) is 0.462. The van der Waals surface area contributed by atoms with Crippen LogP contribution in [0.4, 0.5) is 14.5 Å². The van der Waals surface area contributed by atoms with Gasteiger partial charge in [0.25, 0.3) is 6.43 Å². The number of aliphatic hydroxyl groups is 1. The molecule has 0 atom stereocenters. The smallest absolute Gasteiger partial charge is 0.251 e. The lowest BCUT2D eigenvalue weighted by Crippen LogP contribution is -2.34. The van der Waals surface area contributed by atoms with Gasteiger partial charge in [0.05, 0.1) is 23.9 Å². The van der Waals surface area contributed by atoms with Crippen LogP contribution in [0.3, 0.4) is 0 Å². The summed E-state index contributed by atoms with van der Waals surface area (Å²) in [6.45, 7) is -0.509. The first-order valence-corrected chi connectivity index (χ1v) is 7.04. The molecule has 0 saturated heterocycles. The first-order chi connectivity index (χ1) is 9.92. The van der Waals surface area contributed by atoms with E-state index in [4.69, 9.17) is 28.3 Å². The number of carbonyl (C=O) groups is 1. The molecule has 1 aromatic carbocycles. The predicted octanol–water partition coefficient (Wildman–Crippen LogP) is 2.88. The summed E-state index contributed by atoms with van der Waals surface area (Å²) >= 11 is 11.7. The number of aliphatic hydroxyl groups excluding tert-OH is 1. The number of alkyl halides is 2. The van der Waals surface area contributed by atoms with Crippen LogP contribution in [0.5, 0.6) is 0 Å². The highest BCUT2D eigenvalue weighted by molar-refractivity contribution is 6.35. The zero-order chi connectivity index (χ0) is 15.8. The lowest BCUT2D eigenvalue weighted by atomic mass is 10.3. The Balaban J connectivity index is 2.50. The van der Waals surface area contributed by atoms with Crippen molar-refractivity contribution in [1.82, 2.24) is 4.90 Å². The van der Waals surface area contributed by atoms with E-state index in [1.54, 1.807) is 12.1 Å². The number of anilines is 1. The standard InChI is InChI=1S/C13H16Cl2F2N2O2/c14-9-1-2-10(15)11(7-9)18-13(21)3-4-19(5-6-20)8-12(16)17/h1-2,7,12,20H,3-6,8H2,(H,18,21). The Morgan fingerprint density at radius 3 is 2.67 bits per heavy atom. The number of amides is 1. The average molecular weight is 341 g/mol. The number of halogens is 4. The summed E-state index contributed by atoms with van der Waals surface area (Å²) in [4.78, 5) is 13.1. The lowest BCUT2D eigenvalue weighted by molar-refractivity contribution is -0.116. The summed E-state index contributed by atoms with van der Waals surface area (Å²) in [5, 5.41) is 12.1. The van der Waals surface area contributed by atoms with Gasteiger partial charge in [0.1, 0.15) is 0 Å². The predicted molar refractivity (Wildman–Crippen MR) is 79.2 cm³/mol. The summed E-state index contributed by atoms with van der Waals surface area (Å²) in [6, 6.07) is 4.64. The van der Waals surface area contributed by atoms with Crippen molar-refractivity contribution in [2.75, 3.05) is 31.6 Å². The molecular weight excluding hydrogens is 325 g/mol. The van der Waals surface area contributed by atoms with Gasteiger partial charge in [0, 0.05) is 24.5 Å². The number of rotatable bonds is 8. The van der Waals surface area contributed by atoms with E-state index < -0.39 is 13.0 Å². The monoisotopic (exact) mass is 340 g/mol. The Morgan fingerprint density at radius 1 is 1.33 bits per heavy atom. The number of nitrogens with one attached hydrogen (secondary N) is 1. The van der Waals surface area contributed by atoms with E-state index in [9.17, 15) is 13.6 Å². The maximum Gasteiger partial charge on any atom is 0.251 e. The van der Waals surface area contributed by atoms with E-state index >= 15 is 0 Å². The van der Waals surface area contributed by atoms with Gasteiger partial charge in [-0.1, -0.05) is 23.2 Å². The molecule has 8 heteroatoms. The molecule has 2 N–H and O–H groups in total. The summed E-state index contributed by atoms with van der Waals surface area (Å²) in [5.74, 6) is -0.364. The number of hydrogen-bond donors (Lipinski definition) is 2. The second-order valence-corrected chi connectivity index (χ2v) is 5.18. The van der Waals surface area contributed by atoms with Crippen LogP contribution in [0.15, 0.2) is 18.2 Å². The Morgan fingerprint density at radius 2 is 2.05 bits per heavy atom. The molecule has 0 saturated carbocycles. The van der Waals surface area contributed by atoms with Crippen LogP contribution in [0.2, 0.25) is 10.0 Å². The summed E-state index contributed by atoms with van der Waals surface area (Å²) in [5.41, 5.74) is 0.372. The highest BCUT2D eigenvalue weighted by Crippen LogP contribution is 2.25. The molecule has 0 unspecified atom stereocenters. The van der Waals surface area contributed by atoms with Crippen LogP contribution in [0.1, 0.15) is 6.42 Å². The number of carbonyl (C=O) groups excluding carboxylic acids is 1. The summed E-state index contributed by atoms with van der Waals surface area (Å²) < 4.78 is 24.6. The molecule has 1 amide bonds. The van der Waals surface area contributed by atoms with Gasteiger partial charge in [0.15, 0.2) is 0 Å². The van der Waals surface area contributed by atoms with Crippen molar-refractivity contribution in [3.63, 3.8) is 0 Å². The second-order valence-electron chi connectivity index (χ2n) is 4.34. The average Bonchev–Trinajstić information content (AvgIpc) is 2.40. The zero-order valence-electron chi connectivity index (χ0n) is 11.2. The molecule has 1 rings (SSSR count). The van der Waals surface area contributed by atoms with Crippen molar-refractivity contribution in [1.29, 1.82) is 0 Å². The molecular formula is C13H16Cl2F2N2O2. The minimum atomic E-state index is -2.51. The van der Waals surface area contributed by atoms with Crippen molar-refractivity contribution in [3.05, 3.63) is 28.2 Å². The van der Waals surface area contributed by atoms with E-state index in [2.05, 4.69) is 5.32 Å². The van der Waals surface area contributed by atoms with Gasteiger partial charge in [-0.05, 0) is 18.2 Å². The first-order valence-electron chi connectivity index (χ1n) is 6.28. The maximum atomic E-state index is 12.3. The topological polar surface area (TPSA) is 52.6 Å². The normalized spacial score (nSPS) is 11.2. The molecule has 0 aliphatic carbocycles. The molecule has 0 aromatic heterocycles. The van der Waals surface area contributed by atoms with Crippen molar-refractivity contribution in [2.24, 2.45) is 0 Å². The van der Waals surface area contributed by atoms with E-state index in [1.165, 1.54) is 11.0 Å². The van der Waals surface area contributed by atoms with Crippen molar-refractivity contribution in [3.8, 4) is 0 Å². The van der Waals surface area contributed by atoms with Crippen molar-refractivity contribution < 1.29 is 18.7 Å². The van der Waals surface area contributed by atoms with Crippen molar-refractivity contribution >= 4 is 34.8 Å². The van der Waals surface area contributed by atoms with Gasteiger partial charge in [0.2, 0.25) is 5.91 Å². The van der Waals surface area contributed by atoms with Crippen LogP contribution in [0, 0.1) is 0 Å². The zero-order valence-corrected chi connectivity index (χ0v) is 12.7. The molecule has 0 heterocycles. The molecule has 0 radical (unpaired) electrons. The summed E-state index contributed by atoms with van der Waals surface area (Å²) in [7, 11) is 0. The quantitative estimate of drug-likeness (QED) is 0.765. The Bertz CT molecular complexity index is 475. The first kappa shape index (κ1) is 18.1. The highest BCUT2D eigenvalue weighted by Gasteiger charge is 2.14. The van der Waals surface area contributed by atoms with Crippen LogP contribution in [-0.4, -0.2) is 48.6 Å². The third kappa shape index (κ3) is 7.04. The number of benzene rings is 1. The molecule has 4 nitrogen and oxygen atoms in total. The molecule has 1 aromatic rings. The van der Waals surface area contributed by atoms with Crippen LogP contribution >= 0.6 is 23.2 Å². The minimum absolute atomic E-state index is 0.00949. The Labute approximate surface area is 131 Å². The molecule has 21 heavy (non-hydrogen) atoms. The molecule has 0 fully saturated rings. The molecule has 0 bridgehead atoms. The molecule has 0 spiro atoms. The van der Waals surface area contributed by atoms with E-state index in [1.807, 2.05) is 0 Å². The van der Waals surface area contributed by atoms with Crippen LogP contribution < -0.4 is 5.32 Å². The summed E-state index contributed by atoms with van der Waals surface area (Å²) in [6.07, 6.45) is -2.50. The maximum absolute atomic E-state index is 12.3. The fourth-order valence-electron chi connectivity index (χ4n) is 1.70. The second kappa shape index (κ2) is 9.15. The third-order valence-electron chi connectivity index (χ3n) is 2.67. The molecule has 118 valence electrons.